The molecule has 0 spiro atoms. The van der Waals surface area contributed by atoms with Gasteiger partial charge in [0.15, 0.2) is 11.5 Å². The first-order valence-corrected chi connectivity index (χ1v) is 6.39. The number of methoxy groups -OCH3 is 2. The van der Waals surface area contributed by atoms with E-state index in [1.165, 1.54) is 5.56 Å². The largest absolute Gasteiger partial charge is 0.493 e. The lowest BCUT2D eigenvalue weighted by Gasteiger charge is -2.31. The molecular formula is C14H22N2O2. The average Bonchev–Trinajstić information content (AvgIpc) is 2.38. The maximum absolute atomic E-state index is 5.33. The Morgan fingerprint density at radius 2 is 2.06 bits per heavy atom. The number of nitrogens with zero attached hydrogens (tertiary/aromatic N) is 1. The number of piperazine rings is 1. The number of hydrogen-bond acceptors (Lipinski definition) is 4. The molecule has 0 unspecified atom stereocenters. The van der Waals surface area contributed by atoms with Crippen LogP contribution in [0.2, 0.25) is 0 Å². The van der Waals surface area contributed by atoms with Crippen LogP contribution in [0, 0.1) is 0 Å². The zero-order valence-corrected chi connectivity index (χ0v) is 11.4. The minimum absolute atomic E-state index is 0.568. The third-order valence-corrected chi connectivity index (χ3v) is 3.31. The lowest BCUT2D eigenvalue weighted by atomic mass is 10.1. The summed E-state index contributed by atoms with van der Waals surface area (Å²) < 4.78 is 10.6. The van der Waals surface area contributed by atoms with E-state index < -0.39 is 0 Å². The van der Waals surface area contributed by atoms with Crippen molar-refractivity contribution in [3.63, 3.8) is 0 Å². The molecule has 4 nitrogen and oxygen atoms in total. The third kappa shape index (κ3) is 3.15. The van der Waals surface area contributed by atoms with Gasteiger partial charge >= 0.3 is 0 Å². The second-order valence-corrected chi connectivity index (χ2v) is 4.78. The van der Waals surface area contributed by atoms with Gasteiger partial charge in [0.2, 0.25) is 0 Å². The molecule has 2 rings (SSSR count). The summed E-state index contributed by atoms with van der Waals surface area (Å²) in [6.07, 6.45) is 0. The lowest BCUT2D eigenvalue weighted by molar-refractivity contribution is 0.199. The highest BCUT2D eigenvalue weighted by Crippen LogP contribution is 2.28. The van der Waals surface area contributed by atoms with Crippen LogP contribution in [0.3, 0.4) is 0 Å². The van der Waals surface area contributed by atoms with E-state index in [-0.39, 0.29) is 0 Å². The molecule has 1 aliphatic heterocycles. The standard InChI is InChI=1S/C14H22N2O2/c1-11-9-16(7-6-15-11)10-12-4-5-13(17-2)14(8-12)18-3/h4-5,8,11,15H,6-7,9-10H2,1-3H3/t11-/m1/s1. The Kier molecular flexibility index (Phi) is 4.44. The van der Waals surface area contributed by atoms with Gasteiger partial charge in [-0.1, -0.05) is 6.07 Å². The molecule has 1 saturated heterocycles. The van der Waals surface area contributed by atoms with Crippen molar-refractivity contribution < 1.29 is 9.47 Å². The van der Waals surface area contributed by atoms with E-state index in [2.05, 4.69) is 29.3 Å². The summed E-state index contributed by atoms with van der Waals surface area (Å²) in [5.41, 5.74) is 1.27. The van der Waals surface area contributed by atoms with Crippen molar-refractivity contribution in [1.29, 1.82) is 0 Å². The Hall–Kier alpha value is -1.26. The zero-order chi connectivity index (χ0) is 13.0. The van der Waals surface area contributed by atoms with Gasteiger partial charge in [0, 0.05) is 32.2 Å². The molecule has 18 heavy (non-hydrogen) atoms. The molecule has 0 amide bonds. The maximum Gasteiger partial charge on any atom is 0.161 e. The van der Waals surface area contributed by atoms with Crippen LogP contribution < -0.4 is 14.8 Å². The summed E-state index contributed by atoms with van der Waals surface area (Å²) in [7, 11) is 3.34. The molecule has 100 valence electrons. The monoisotopic (exact) mass is 250 g/mol. The average molecular weight is 250 g/mol. The Bertz CT molecular complexity index is 395. The Morgan fingerprint density at radius 1 is 1.28 bits per heavy atom. The number of rotatable bonds is 4. The van der Waals surface area contributed by atoms with Crippen LogP contribution in [0.4, 0.5) is 0 Å². The second kappa shape index (κ2) is 6.07. The molecule has 0 radical (unpaired) electrons. The molecule has 1 fully saturated rings. The Balaban J connectivity index is 2.04. The van der Waals surface area contributed by atoms with Gasteiger partial charge in [0.05, 0.1) is 14.2 Å². The van der Waals surface area contributed by atoms with Gasteiger partial charge < -0.3 is 14.8 Å². The van der Waals surface area contributed by atoms with Gasteiger partial charge in [-0.25, -0.2) is 0 Å². The van der Waals surface area contributed by atoms with E-state index in [0.717, 1.165) is 37.7 Å². The first kappa shape index (κ1) is 13.2. The van der Waals surface area contributed by atoms with Crippen molar-refractivity contribution in [2.24, 2.45) is 0 Å². The number of ether oxygens (including phenoxy) is 2. The Morgan fingerprint density at radius 3 is 2.72 bits per heavy atom. The Labute approximate surface area is 109 Å². The van der Waals surface area contributed by atoms with Crippen molar-refractivity contribution in [2.75, 3.05) is 33.9 Å². The molecule has 1 aromatic carbocycles. The van der Waals surface area contributed by atoms with E-state index in [4.69, 9.17) is 9.47 Å². The van der Waals surface area contributed by atoms with E-state index in [9.17, 15) is 0 Å². The van der Waals surface area contributed by atoms with Crippen molar-refractivity contribution >= 4 is 0 Å². The van der Waals surface area contributed by atoms with Crippen molar-refractivity contribution in [3.05, 3.63) is 23.8 Å². The van der Waals surface area contributed by atoms with Crippen LogP contribution in [0.25, 0.3) is 0 Å². The number of benzene rings is 1. The fourth-order valence-corrected chi connectivity index (χ4v) is 2.39. The SMILES string of the molecule is COc1ccc(CN2CCN[C@H](C)C2)cc1OC. The van der Waals surface area contributed by atoms with Crippen LogP contribution in [0.5, 0.6) is 11.5 Å². The van der Waals surface area contributed by atoms with Crippen LogP contribution >= 0.6 is 0 Å². The highest BCUT2D eigenvalue weighted by Gasteiger charge is 2.16. The van der Waals surface area contributed by atoms with Crippen molar-refractivity contribution in [3.8, 4) is 11.5 Å². The summed E-state index contributed by atoms with van der Waals surface area (Å²) in [4.78, 5) is 2.46. The summed E-state index contributed by atoms with van der Waals surface area (Å²) in [5.74, 6) is 1.59. The molecule has 0 aliphatic carbocycles. The lowest BCUT2D eigenvalue weighted by Crippen LogP contribution is -2.48. The molecule has 1 atom stereocenters. The maximum atomic E-state index is 5.33. The zero-order valence-electron chi connectivity index (χ0n) is 11.4. The van der Waals surface area contributed by atoms with Crippen molar-refractivity contribution in [2.45, 2.75) is 19.5 Å². The molecule has 1 aliphatic rings. The van der Waals surface area contributed by atoms with E-state index in [1.54, 1.807) is 14.2 Å². The molecule has 1 aromatic rings. The molecule has 0 bridgehead atoms. The van der Waals surface area contributed by atoms with E-state index in [0.29, 0.717) is 6.04 Å². The summed E-state index contributed by atoms with van der Waals surface area (Å²) >= 11 is 0. The second-order valence-electron chi connectivity index (χ2n) is 4.78. The highest BCUT2D eigenvalue weighted by atomic mass is 16.5. The molecule has 1 N–H and O–H groups in total. The van der Waals surface area contributed by atoms with Gasteiger partial charge in [-0.05, 0) is 24.6 Å². The minimum atomic E-state index is 0.568. The van der Waals surface area contributed by atoms with E-state index >= 15 is 0 Å². The fourth-order valence-electron chi connectivity index (χ4n) is 2.39. The predicted molar refractivity (Wildman–Crippen MR) is 72.3 cm³/mol. The van der Waals surface area contributed by atoms with Gasteiger partial charge in [-0.2, -0.15) is 0 Å². The van der Waals surface area contributed by atoms with Gasteiger partial charge in [-0.3, -0.25) is 4.90 Å². The summed E-state index contributed by atoms with van der Waals surface area (Å²) in [6.45, 7) is 6.44. The molecule has 1 heterocycles. The molecule has 0 saturated carbocycles. The molecule has 0 aromatic heterocycles. The van der Waals surface area contributed by atoms with Gasteiger partial charge in [0.1, 0.15) is 0 Å². The third-order valence-electron chi connectivity index (χ3n) is 3.31. The summed E-state index contributed by atoms with van der Waals surface area (Å²) in [6, 6.07) is 6.71. The first-order chi connectivity index (χ1) is 8.72. The van der Waals surface area contributed by atoms with Crippen LogP contribution in [-0.4, -0.2) is 44.8 Å². The van der Waals surface area contributed by atoms with Crippen LogP contribution in [0.1, 0.15) is 12.5 Å². The van der Waals surface area contributed by atoms with Gasteiger partial charge in [0.25, 0.3) is 0 Å². The molecule has 4 heteroatoms. The van der Waals surface area contributed by atoms with E-state index in [1.807, 2.05) is 6.07 Å². The van der Waals surface area contributed by atoms with Crippen LogP contribution in [0.15, 0.2) is 18.2 Å². The minimum Gasteiger partial charge on any atom is -0.493 e. The normalized spacial score (nSPS) is 20.7. The number of hydrogen-bond donors (Lipinski definition) is 1. The molecular weight excluding hydrogens is 228 g/mol. The first-order valence-electron chi connectivity index (χ1n) is 6.39. The predicted octanol–water partition coefficient (Wildman–Crippen LogP) is 1.50. The smallest absolute Gasteiger partial charge is 0.161 e. The quantitative estimate of drug-likeness (QED) is 0.878. The van der Waals surface area contributed by atoms with Crippen molar-refractivity contribution in [1.82, 2.24) is 10.2 Å². The highest BCUT2D eigenvalue weighted by molar-refractivity contribution is 5.42. The van der Waals surface area contributed by atoms with Crippen LogP contribution in [-0.2, 0) is 6.54 Å². The summed E-state index contributed by atoms with van der Waals surface area (Å²) in [5, 5.41) is 3.45. The fraction of sp³-hybridized carbons (Fsp3) is 0.571. The van der Waals surface area contributed by atoms with Gasteiger partial charge in [-0.15, -0.1) is 0 Å². The number of nitrogens with one attached hydrogen (secondary N) is 1. The topological polar surface area (TPSA) is 33.7 Å².